The summed E-state index contributed by atoms with van der Waals surface area (Å²) in [6.07, 6.45) is 0. The van der Waals surface area contributed by atoms with Crippen molar-refractivity contribution in [2.45, 2.75) is 0 Å². The highest BCUT2D eigenvalue weighted by Gasteiger charge is 2.10. The molecular formula is C19H17ClN2O2. The smallest absolute Gasteiger partial charge is 0.243 e. The van der Waals surface area contributed by atoms with E-state index in [1.165, 1.54) is 0 Å². The Morgan fingerprint density at radius 1 is 1.12 bits per heavy atom. The first-order chi connectivity index (χ1) is 11.5. The highest BCUT2D eigenvalue weighted by Crippen LogP contribution is 2.27. The van der Waals surface area contributed by atoms with Crippen molar-refractivity contribution in [1.29, 1.82) is 0 Å². The van der Waals surface area contributed by atoms with Crippen molar-refractivity contribution in [2.75, 3.05) is 23.8 Å². The van der Waals surface area contributed by atoms with E-state index in [0.29, 0.717) is 10.7 Å². The maximum absolute atomic E-state index is 12.4. The van der Waals surface area contributed by atoms with Gasteiger partial charge in [-0.1, -0.05) is 29.8 Å². The number of nitrogens with zero attached hydrogens (tertiary/aromatic N) is 1. The Morgan fingerprint density at radius 2 is 1.88 bits per heavy atom. The van der Waals surface area contributed by atoms with Gasteiger partial charge in [-0.3, -0.25) is 4.79 Å². The Balaban J connectivity index is 1.75. The molecule has 0 atom stereocenters. The summed E-state index contributed by atoms with van der Waals surface area (Å²) in [4.78, 5) is 14.2. The van der Waals surface area contributed by atoms with Gasteiger partial charge in [0, 0.05) is 28.8 Å². The number of fused-ring (bicyclic) bond motifs is 1. The molecular weight excluding hydrogens is 324 g/mol. The van der Waals surface area contributed by atoms with Crippen LogP contribution in [0.1, 0.15) is 0 Å². The molecule has 0 saturated carbocycles. The molecule has 0 saturated heterocycles. The van der Waals surface area contributed by atoms with Gasteiger partial charge in [-0.25, -0.2) is 0 Å². The lowest BCUT2D eigenvalue weighted by Crippen LogP contribution is -2.30. The Morgan fingerprint density at radius 3 is 2.62 bits per heavy atom. The zero-order valence-corrected chi connectivity index (χ0v) is 13.9. The number of aromatic hydroxyl groups is 1. The second-order valence-electron chi connectivity index (χ2n) is 5.59. The quantitative estimate of drug-likeness (QED) is 0.745. The Bertz CT molecular complexity index is 878. The van der Waals surface area contributed by atoms with Gasteiger partial charge in [-0.05, 0) is 47.9 Å². The SMILES string of the molecule is CN(CC(=O)Nc1cccc2ccc(O)cc12)c1ccc(Cl)cc1. The van der Waals surface area contributed by atoms with Crippen LogP contribution < -0.4 is 10.2 Å². The van der Waals surface area contributed by atoms with Gasteiger partial charge in [-0.2, -0.15) is 0 Å². The van der Waals surface area contributed by atoms with Crippen LogP contribution in [0, 0.1) is 0 Å². The maximum atomic E-state index is 12.4. The monoisotopic (exact) mass is 340 g/mol. The van der Waals surface area contributed by atoms with Gasteiger partial charge in [0.1, 0.15) is 5.75 Å². The van der Waals surface area contributed by atoms with Crippen molar-refractivity contribution in [3.8, 4) is 5.75 Å². The van der Waals surface area contributed by atoms with E-state index < -0.39 is 0 Å². The van der Waals surface area contributed by atoms with E-state index in [0.717, 1.165) is 16.5 Å². The number of hydrogen-bond donors (Lipinski definition) is 2. The van der Waals surface area contributed by atoms with Crippen molar-refractivity contribution in [3.63, 3.8) is 0 Å². The third-order valence-corrected chi connectivity index (χ3v) is 4.04. The molecule has 0 aromatic heterocycles. The third-order valence-electron chi connectivity index (χ3n) is 3.79. The Hall–Kier alpha value is -2.72. The summed E-state index contributed by atoms with van der Waals surface area (Å²) in [6.45, 7) is 0.205. The number of rotatable bonds is 4. The molecule has 5 heteroatoms. The van der Waals surface area contributed by atoms with Crippen LogP contribution in [-0.2, 0) is 4.79 Å². The minimum Gasteiger partial charge on any atom is -0.508 e. The average molecular weight is 341 g/mol. The molecule has 0 fully saturated rings. The molecule has 0 bridgehead atoms. The summed E-state index contributed by atoms with van der Waals surface area (Å²) in [5, 5.41) is 15.0. The van der Waals surface area contributed by atoms with E-state index in [2.05, 4.69) is 5.32 Å². The van der Waals surface area contributed by atoms with Crippen LogP contribution in [0.3, 0.4) is 0 Å². The van der Waals surface area contributed by atoms with Gasteiger partial charge in [-0.15, -0.1) is 0 Å². The normalized spacial score (nSPS) is 10.6. The molecule has 122 valence electrons. The number of amides is 1. The van der Waals surface area contributed by atoms with Crippen molar-refractivity contribution in [1.82, 2.24) is 0 Å². The van der Waals surface area contributed by atoms with Gasteiger partial charge in [0.05, 0.1) is 6.54 Å². The first-order valence-electron chi connectivity index (χ1n) is 7.51. The Kier molecular flexibility index (Phi) is 4.58. The van der Waals surface area contributed by atoms with Gasteiger partial charge >= 0.3 is 0 Å². The number of likely N-dealkylation sites (N-methyl/N-ethyl adjacent to an activating group) is 1. The first-order valence-corrected chi connectivity index (χ1v) is 7.89. The number of halogens is 1. The number of carbonyl (C=O) groups excluding carboxylic acids is 1. The van der Waals surface area contributed by atoms with Crippen molar-refractivity contribution >= 4 is 39.7 Å². The summed E-state index contributed by atoms with van der Waals surface area (Å²) in [5.41, 5.74) is 1.59. The molecule has 0 aliphatic carbocycles. The first kappa shape index (κ1) is 16.1. The standard InChI is InChI=1S/C19H17ClN2O2/c1-22(15-8-6-14(20)7-9-15)12-19(24)21-18-4-2-3-13-5-10-16(23)11-17(13)18/h2-11,23H,12H2,1H3,(H,21,24). The fourth-order valence-corrected chi connectivity index (χ4v) is 2.69. The largest absolute Gasteiger partial charge is 0.508 e. The molecule has 3 aromatic rings. The van der Waals surface area contributed by atoms with Gasteiger partial charge in [0.15, 0.2) is 0 Å². The molecule has 0 unspecified atom stereocenters. The fourth-order valence-electron chi connectivity index (χ4n) is 2.56. The minimum atomic E-state index is -0.136. The summed E-state index contributed by atoms with van der Waals surface area (Å²) >= 11 is 5.88. The number of benzene rings is 3. The molecule has 24 heavy (non-hydrogen) atoms. The number of phenols is 1. The summed E-state index contributed by atoms with van der Waals surface area (Å²) in [6, 6.07) is 18.0. The molecule has 4 nitrogen and oxygen atoms in total. The molecule has 0 spiro atoms. The van der Waals surface area contributed by atoms with E-state index >= 15 is 0 Å². The number of carbonyl (C=O) groups is 1. The van der Waals surface area contributed by atoms with Crippen LogP contribution in [0.4, 0.5) is 11.4 Å². The van der Waals surface area contributed by atoms with E-state index in [4.69, 9.17) is 11.6 Å². The molecule has 1 amide bonds. The average Bonchev–Trinajstić information content (AvgIpc) is 2.56. The highest BCUT2D eigenvalue weighted by molar-refractivity contribution is 6.30. The number of nitrogens with one attached hydrogen (secondary N) is 1. The van der Waals surface area contributed by atoms with Crippen LogP contribution in [0.2, 0.25) is 5.02 Å². The number of phenolic OH excluding ortho intramolecular Hbond substituents is 1. The van der Waals surface area contributed by atoms with Gasteiger partial charge < -0.3 is 15.3 Å². The van der Waals surface area contributed by atoms with Crippen LogP contribution >= 0.6 is 11.6 Å². The second kappa shape index (κ2) is 6.81. The van der Waals surface area contributed by atoms with Crippen molar-refractivity contribution in [3.05, 3.63) is 65.7 Å². The Labute approximate surface area is 145 Å². The van der Waals surface area contributed by atoms with Crippen molar-refractivity contribution in [2.24, 2.45) is 0 Å². The lowest BCUT2D eigenvalue weighted by molar-refractivity contribution is -0.114. The highest BCUT2D eigenvalue weighted by atomic mass is 35.5. The van der Waals surface area contributed by atoms with Gasteiger partial charge in [0.2, 0.25) is 5.91 Å². The van der Waals surface area contributed by atoms with Crippen LogP contribution in [0.25, 0.3) is 10.8 Å². The lowest BCUT2D eigenvalue weighted by atomic mass is 10.1. The number of anilines is 2. The minimum absolute atomic E-state index is 0.136. The zero-order valence-electron chi connectivity index (χ0n) is 13.2. The van der Waals surface area contributed by atoms with E-state index in [1.807, 2.05) is 48.3 Å². The molecule has 0 radical (unpaired) electrons. The van der Waals surface area contributed by atoms with Crippen LogP contribution in [0.15, 0.2) is 60.7 Å². The number of hydrogen-bond acceptors (Lipinski definition) is 3. The lowest BCUT2D eigenvalue weighted by Gasteiger charge is -2.19. The molecule has 2 N–H and O–H groups in total. The molecule has 0 aliphatic heterocycles. The molecule has 0 aliphatic rings. The van der Waals surface area contributed by atoms with E-state index in [1.54, 1.807) is 24.3 Å². The second-order valence-corrected chi connectivity index (χ2v) is 6.03. The summed E-state index contributed by atoms with van der Waals surface area (Å²) in [7, 11) is 1.84. The molecule has 3 rings (SSSR count). The van der Waals surface area contributed by atoms with Crippen LogP contribution in [0.5, 0.6) is 5.75 Å². The zero-order chi connectivity index (χ0) is 17.1. The fraction of sp³-hybridized carbons (Fsp3) is 0.105. The van der Waals surface area contributed by atoms with Gasteiger partial charge in [0.25, 0.3) is 0 Å². The maximum Gasteiger partial charge on any atom is 0.243 e. The topological polar surface area (TPSA) is 52.6 Å². The summed E-state index contributed by atoms with van der Waals surface area (Å²) < 4.78 is 0. The molecule has 0 heterocycles. The van der Waals surface area contributed by atoms with E-state index in [9.17, 15) is 9.90 Å². The predicted molar refractivity (Wildman–Crippen MR) is 99.0 cm³/mol. The van der Waals surface area contributed by atoms with Crippen LogP contribution in [-0.4, -0.2) is 24.6 Å². The molecule has 3 aromatic carbocycles. The predicted octanol–water partition coefficient (Wildman–Crippen LogP) is 4.27. The summed E-state index contributed by atoms with van der Waals surface area (Å²) in [5.74, 6) is 0.0331. The van der Waals surface area contributed by atoms with Crippen molar-refractivity contribution < 1.29 is 9.90 Å². The van der Waals surface area contributed by atoms with E-state index in [-0.39, 0.29) is 18.2 Å². The third kappa shape index (κ3) is 3.60.